The number of benzene rings is 1. The molecule has 2 heterocycles. The number of likely N-dealkylation sites (tertiary alicyclic amines) is 1. The van der Waals surface area contributed by atoms with Crippen molar-refractivity contribution in [2.75, 3.05) is 13.1 Å². The van der Waals surface area contributed by atoms with Crippen LogP contribution in [0.15, 0.2) is 41.8 Å². The predicted molar refractivity (Wildman–Crippen MR) is 87.8 cm³/mol. The summed E-state index contributed by atoms with van der Waals surface area (Å²) in [6, 6.07) is 12.2. The molecule has 0 N–H and O–H groups in total. The van der Waals surface area contributed by atoms with Gasteiger partial charge >= 0.3 is 0 Å². The summed E-state index contributed by atoms with van der Waals surface area (Å²) in [7, 11) is 0. The number of aryl methyl sites for hydroxylation is 1. The predicted octanol–water partition coefficient (Wildman–Crippen LogP) is 4.15. The second-order valence-corrected chi connectivity index (χ2v) is 6.92. The molecular weight excluding hydrogens is 278 g/mol. The molecule has 1 aromatic carbocycles. The van der Waals surface area contributed by atoms with Crippen molar-refractivity contribution in [3.63, 3.8) is 0 Å². The minimum atomic E-state index is 0.185. The summed E-state index contributed by atoms with van der Waals surface area (Å²) < 4.78 is 0. The highest BCUT2D eigenvalue weighted by Gasteiger charge is 2.23. The van der Waals surface area contributed by atoms with Gasteiger partial charge < -0.3 is 4.90 Å². The summed E-state index contributed by atoms with van der Waals surface area (Å²) in [5, 5.41) is 2.14. The Hall–Kier alpha value is -1.61. The van der Waals surface area contributed by atoms with E-state index in [1.54, 1.807) is 0 Å². The van der Waals surface area contributed by atoms with Gasteiger partial charge in [-0.05, 0) is 55.7 Å². The monoisotopic (exact) mass is 299 g/mol. The summed E-state index contributed by atoms with van der Waals surface area (Å²) >= 11 is 1.84. The molecule has 1 aliphatic rings. The molecule has 1 amide bonds. The van der Waals surface area contributed by atoms with Gasteiger partial charge in [-0.15, -0.1) is 11.3 Å². The summed E-state index contributed by atoms with van der Waals surface area (Å²) in [4.78, 5) is 15.9. The maximum Gasteiger partial charge on any atom is 0.253 e. The van der Waals surface area contributed by atoms with Crippen LogP contribution in [0.3, 0.4) is 0 Å². The minimum absolute atomic E-state index is 0.185. The van der Waals surface area contributed by atoms with Crippen molar-refractivity contribution in [2.24, 2.45) is 5.92 Å². The average Bonchev–Trinajstić information content (AvgIpc) is 3.01. The van der Waals surface area contributed by atoms with E-state index in [-0.39, 0.29) is 5.91 Å². The minimum Gasteiger partial charge on any atom is -0.339 e. The van der Waals surface area contributed by atoms with Gasteiger partial charge in [-0.25, -0.2) is 0 Å². The number of amides is 1. The van der Waals surface area contributed by atoms with Crippen LogP contribution in [0, 0.1) is 12.8 Å². The topological polar surface area (TPSA) is 20.3 Å². The first-order valence-electron chi connectivity index (χ1n) is 7.61. The fourth-order valence-electron chi connectivity index (χ4n) is 2.93. The van der Waals surface area contributed by atoms with Crippen LogP contribution in [0.2, 0.25) is 0 Å². The molecule has 2 aromatic rings. The van der Waals surface area contributed by atoms with Crippen LogP contribution < -0.4 is 0 Å². The number of carbonyl (C=O) groups is 1. The Kier molecular flexibility index (Phi) is 4.39. The lowest BCUT2D eigenvalue weighted by atomic mass is 9.92. The number of rotatable bonds is 3. The van der Waals surface area contributed by atoms with Crippen molar-refractivity contribution in [1.29, 1.82) is 0 Å². The van der Waals surface area contributed by atoms with Gasteiger partial charge in [0.2, 0.25) is 0 Å². The molecule has 0 radical (unpaired) electrons. The molecule has 3 heteroatoms. The summed E-state index contributed by atoms with van der Waals surface area (Å²) in [6.07, 6.45) is 3.41. The fourth-order valence-corrected chi connectivity index (χ4v) is 3.75. The maximum atomic E-state index is 12.5. The van der Waals surface area contributed by atoms with Crippen molar-refractivity contribution in [2.45, 2.75) is 26.2 Å². The third-order valence-electron chi connectivity index (χ3n) is 4.27. The molecule has 110 valence electrons. The molecular formula is C18H21NOS. The number of nitrogens with zero attached hydrogens (tertiary/aromatic N) is 1. The molecule has 21 heavy (non-hydrogen) atoms. The summed E-state index contributed by atoms with van der Waals surface area (Å²) in [6.45, 7) is 3.83. The SMILES string of the molecule is Cc1ccc(C(=O)N2CCC(Cc3cccs3)CC2)cc1. The Bertz CT molecular complexity index is 580. The van der Waals surface area contributed by atoms with E-state index in [0.717, 1.165) is 37.4 Å². The highest BCUT2D eigenvalue weighted by Crippen LogP contribution is 2.24. The highest BCUT2D eigenvalue weighted by atomic mass is 32.1. The molecule has 3 rings (SSSR count). The van der Waals surface area contributed by atoms with Crippen LogP contribution in [0.4, 0.5) is 0 Å². The van der Waals surface area contributed by atoms with Gasteiger partial charge in [-0.1, -0.05) is 23.8 Å². The van der Waals surface area contributed by atoms with Crippen LogP contribution in [0.5, 0.6) is 0 Å². The lowest BCUT2D eigenvalue weighted by molar-refractivity contribution is 0.0691. The van der Waals surface area contributed by atoms with E-state index < -0.39 is 0 Å². The second kappa shape index (κ2) is 6.44. The zero-order valence-corrected chi connectivity index (χ0v) is 13.2. The van der Waals surface area contributed by atoms with Gasteiger partial charge in [0.1, 0.15) is 0 Å². The van der Waals surface area contributed by atoms with Gasteiger partial charge in [0, 0.05) is 23.5 Å². The number of carbonyl (C=O) groups excluding carboxylic acids is 1. The zero-order chi connectivity index (χ0) is 14.7. The van der Waals surface area contributed by atoms with Crippen LogP contribution in [0.1, 0.15) is 33.6 Å². The van der Waals surface area contributed by atoms with Crippen LogP contribution in [0.25, 0.3) is 0 Å². The summed E-state index contributed by atoms with van der Waals surface area (Å²) in [5.41, 5.74) is 2.01. The molecule has 1 aromatic heterocycles. The number of hydrogen-bond donors (Lipinski definition) is 0. The molecule has 1 saturated heterocycles. The number of thiophene rings is 1. The Labute approximate surface area is 130 Å². The van der Waals surface area contributed by atoms with E-state index in [1.807, 2.05) is 47.4 Å². The first-order chi connectivity index (χ1) is 10.2. The van der Waals surface area contributed by atoms with E-state index in [1.165, 1.54) is 16.9 Å². The molecule has 0 unspecified atom stereocenters. The quantitative estimate of drug-likeness (QED) is 0.833. The molecule has 2 nitrogen and oxygen atoms in total. The van der Waals surface area contributed by atoms with E-state index in [9.17, 15) is 4.79 Å². The first kappa shape index (κ1) is 14.3. The van der Waals surface area contributed by atoms with Crippen LogP contribution >= 0.6 is 11.3 Å². The molecule has 1 aliphatic heterocycles. The smallest absolute Gasteiger partial charge is 0.253 e. The van der Waals surface area contributed by atoms with E-state index >= 15 is 0 Å². The standard InChI is InChI=1S/C18H21NOS/c1-14-4-6-16(7-5-14)18(20)19-10-8-15(9-11-19)13-17-3-2-12-21-17/h2-7,12,15H,8-11,13H2,1H3. The molecule has 0 saturated carbocycles. The van der Waals surface area contributed by atoms with Gasteiger partial charge in [-0.2, -0.15) is 0 Å². The van der Waals surface area contributed by atoms with Crippen molar-refractivity contribution in [3.05, 3.63) is 57.8 Å². The molecule has 0 bridgehead atoms. The number of piperidine rings is 1. The van der Waals surface area contributed by atoms with Gasteiger partial charge in [-0.3, -0.25) is 4.79 Å². The Morgan fingerprint density at radius 3 is 2.52 bits per heavy atom. The fraction of sp³-hybridized carbons (Fsp3) is 0.389. The van der Waals surface area contributed by atoms with Crippen molar-refractivity contribution < 1.29 is 4.79 Å². The Morgan fingerprint density at radius 2 is 1.90 bits per heavy atom. The molecule has 0 aliphatic carbocycles. The van der Waals surface area contributed by atoms with Gasteiger partial charge in [0.25, 0.3) is 5.91 Å². The van der Waals surface area contributed by atoms with Gasteiger partial charge in [0.05, 0.1) is 0 Å². The third kappa shape index (κ3) is 3.53. The van der Waals surface area contributed by atoms with E-state index in [4.69, 9.17) is 0 Å². The summed E-state index contributed by atoms with van der Waals surface area (Å²) in [5.74, 6) is 0.912. The molecule has 0 atom stereocenters. The van der Waals surface area contributed by atoms with Crippen molar-refractivity contribution in [3.8, 4) is 0 Å². The Balaban J connectivity index is 1.55. The zero-order valence-electron chi connectivity index (χ0n) is 12.4. The van der Waals surface area contributed by atoms with Crippen LogP contribution in [-0.2, 0) is 6.42 Å². The van der Waals surface area contributed by atoms with Crippen LogP contribution in [-0.4, -0.2) is 23.9 Å². The van der Waals surface area contributed by atoms with Gasteiger partial charge in [0.15, 0.2) is 0 Å². The lowest BCUT2D eigenvalue weighted by Crippen LogP contribution is -2.38. The first-order valence-corrected chi connectivity index (χ1v) is 8.48. The number of hydrogen-bond acceptors (Lipinski definition) is 2. The third-order valence-corrected chi connectivity index (χ3v) is 5.17. The van der Waals surface area contributed by atoms with E-state index in [2.05, 4.69) is 17.5 Å². The maximum absolute atomic E-state index is 12.5. The van der Waals surface area contributed by atoms with Crippen molar-refractivity contribution >= 4 is 17.2 Å². The van der Waals surface area contributed by atoms with Crippen molar-refractivity contribution in [1.82, 2.24) is 4.90 Å². The second-order valence-electron chi connectivity index (χ2n) is 5.89. The molecule has 1 fully saturated rings. The largest absolute Gasteiger partial charge is 0.339 e. The average molecular weight is 299 g/mol. The molecule has 0 spiro atoms. The Morgan fingerprint density at radius 1 is 1.19 bits per heavy atom. The highest BCUT2D eigenvalue weighted by molar-refractivity contribution is 7.09. The van der Waals surface area contributed by atoms with E-state index in [0.29, 0.717) is 0 Å². The normalized spacial score (nSPS) is 16.1. The lowest BCUT2D eigenvalue weighted by Gasteiger charge is -2.32.